The Hall–Kier alpha value is -2.82. The number of nitrogens with one attached hydrogen (secondary N) is 1. The Bertz CT molecular complexity index is 841. The van der Waals surface area contributed by atoms with Crippen LogP contribution in [0.15, 0.2) is 53.3 Å². The fourth-order valence-electron chi connectivity index (χ4n) is 2.73. The SMILES string of the molecule is O=C(NC1CCOc2ccccc21)c1ccc2ocnc2c1. The van der Waals surface area contributed by atoms with Gasteiger partial charge in [0.25, 0.3) is 5.91 Å². The summed E-state index contributed by atoms with van der Waals surface area (Å²) in [4.78, 5) is 16.6. The Labute approximate surface area is 126 Å². The number of carbonyl (C=O) groups excluding carboxylic acids is 1. The van der Waals surface area contributed by atoms with Crippen LogP contribution in [-0.4, -0.2) is 17.5 Å². The number of oxazole rings is 1. The second-order valence-corrected chi connectivity index (χ2v) is 5.24. The summed E-state index contributed by atoms with van der Waals surface area (Å²) >= 11 is 0. The number of para-hydroxylation sites is 1. The van der Waals surface area contributed by atoms with Gasteiger partial charge in [0.2, 0.25) is 0 Å². The van der Waals surface area contributed by atoms with Gasteiger partial charge in [0.1, 0.15) is 11.3 Å². The Morgan fingerprint density at radius 3 is 3.09 bits per heavy atom. The number of nitrogens with zero attached hydrogens (tertiary/aromatic N) is 1. The van der Waals surface area contributed by atoms with Crippen LogP contribution in [0, 0.1) is 0 Å². The van der Waals surface area contributed by atoms with Crippen LogP contribution in [0.25, 0.3) is 11.1 Å². The molecular weight excluding hydrogens is 280 g/mol. The number of ether oxygens (including phenoxy) is 1. The summed E-state index contributed by atoms with van der Waals surface area (Å²) in [6, 6.07) is 13.0. The van der Waals surface area contributed by atoms with Crippen LogP contribution in [0.2, 0.25) is 0 Å². The maximum absolute atomic E-state index is 12.5. The molecule has 0 fully saturated rings. The normalized spacial score (nSPS) is 16.8. The highest BCUT2D eigenvalue weighted by molar-refractivity contribution is 5.97. The Balaban J connectivity index is 1.59. The standard InChI is InChI=1S/C17H14N2O3/c20-17(11-5-6-16-14(9-11)18-10-22-16)19-13-7-8-21-15-4-2-1-3-12(13)15/h1-6,9-10,13H,7-8H2,(H,19,20). The molecule has 0 bridgehead atoms. The first-order chi connectivity index (χ1) is 10.8. The maximum atomic E-state index is 12.5. The Kier molecular flexibility index (Phi) is 3.04. The molecule has 0 radical (unpaired) electrons. The van der Waals surface area contributed by atoms with Crippen LogP contribution >= 0.6 is 0 Å². The van der Waals surface area contributed by atoms with Crippen molar-refractivity contribution in [2.75, 3.05) is 6.61 Å². The first-order valence-corrected chi connectivity index (χ1v) is 7.17. The maximum Gasteiger partial charge on any atom is 0.251 e. The summed E-state index contributed by atoms with van der Waals surface area (Å²) in [5.74, 6) is 0.720. The molecule has 0 spiro atoms. The number of aromatic nitrogens is 1. The van der Waals surface area contributed by atoms with Gasteiger partial charge < -0.3 is 14.5 Å². The molecule has 1 N–H and O–H groups in total. The van der Waals surface area contributed by atoms with Gasteiger partial charge in [-0.1, -0.05) is 18.2 Å². The minimum absolute atomic E-state index is 0.0366. The van der Waals surface area contributed by atoms with E-state index in [1.54, 1.807) is 18.2 Å². The van der Waals surface area contributed by atoms with Gasteiger partial charge in [-0.05, 0) is 24.3 Å². The van der Waals surface area contributed by atoms with Gasteiger partial charge in [-0.2, -0.15) is 0 Å². The smallest absolute Gasteiger partial charge is 0.251 e. The highest BCUT2D eigenvalue weighted by Gasteiger charge is 2.23. The fourth-order valence-corrected chi connectivity index (χ4v) is 2.73. The van der Waals surface area contributed by atoms with E-state index in [0.29, 0.717) is 23.3 Å². The largest absolute Gasteiger partial charge is 0.493 e. The van der Waals surface area contributed by atoms with Crippen molar-refractivity contribution in [3.63, 3.8) is 0 Å². The van der Waals surface area contributed by atoms with E-state index in [0.717, 1.165) is 17.7 Å². The third kappa shape index (κ3) is 2.20. The van der Waals surface area contributed by atoms with Gasteiger partial charge in [-0.25, -0.2) is 4.98 Å². The van der Waals surface area contributed by atoms with Crippen LogP contribution in [0.3, 0.4) is 0 Å². The van der Waals surface area contributed by atoms with Crippen molar-refractivity contribution in [2.45, 2.75) is 12.5 Å². The van der Waals surface area contributed by atoms with E-state index < -0.39 is 0 Å². The molecular formula is C17H14N2O3. The van der Waals surface area contributed by atoms with E-state index >= 15 is 0 Å². The highest BCUT2D eigenvalue weighted by Crippen LogP contribution is 2.31. The lowest BCUT2D eigenvalue weighted by Gasteiger charge is -2.26. The first-order valence-electron chi connectivity index (χ1n) is 7.17. The van der Waals surface area contributed by atoms with Gasteiger partial charge in [-0.15, -0.1) is 0 Å². The Morgan fingerprint density at radius 2 is 2.14 bits per heavy atom. The molecule has 0 aliphatic carbocycles. The van der Waals surface area contributed by atoms with Crippen molar-refractivity contribution in [1.29, 1.82) is 0 Å². The van der Waals surface area contributed by atoms with Crippen LogP contribution in [-0.2, 0) is 0 Å². The first kappa shape index (κ1) is 12.9. The van der Waals surface area contributed by atoms with E-state index in [1.165, 1.54) is 6.39 Å². The van der Waals surface area contributed by atoms with E-state index in [9.17, 15) is 4.79 Å². The number of rotatable bonds is 2. The monoisotopic (exact) mass is 294 g/mol. The van der Waals surface area contributed by atoms with Crippen molar-refractivity contribution in [2.24, 2.45) is 0 Å². The predicted octanol–water partition coefficient (Wildman–Crippen LogP) is 3.08. The second kappa shape index (κ2) is 5.18. The Morgan fingerprint density at radius 1 is 1.23 bits per heavy atom. The molecule has 1 amide bonds. The summed E-state index contributed by atoms with van der Waals surface area (Å²) in [6.07, 6.45) is 2.13. The van der Waals surface area contributed by atoms with Crippen molar-refractivity contribution >= 4 is 17.0 Å². The zero-order valence-electron chi connectivity index (χ0n) is 11.8. The van der Waals surface area contributed by atoms with Gasteiger partial charge in [-0.3, -0.25) is 4.79 Å². The molecule has 1 unspecified atom stereocenters. The summed E-state index contributed by atoms with van der Waals surface area (Å²) in [5, 5.41) is 3.07. The molecule has 110 valence electrons. The number of hydrogen-bond donors (Lipinski definition) is 1. The van der Waals surface area contributed by atoms with Crippen LogP contribution in [0.1, 0.15) is 28.4 Å². The summed E-state index contributed by atoms with van der Waals surface area (Å²) in [7, 11) is 0. The average Bonchev–Trinajstić information content (AvgIpc) is 3.02. The molecule has 2 aromatic carbocycles. The molecule has 5 heteroatoms. The van der Waals surface area contributed by atoms with Crippen molar-refractivity contribution in [3.8, 4) is 5.75 Å². The molecule has 1 atom stereocenters. The van der Waals surface area contributed by atoms with Crippen molar-refractivity contribution in [3.05, 3.63) is 60.0 Å². The molecule has 1 aliphatic rings. The highest BCUT2D eigenvalue weighted by atomic mass is 16.5. The zero-order chi connectivity index (χ0) is 14.9. The number of amides is 1. The molecule has 0 saturated carbocycles. The van der Waals surface area contributed by atoms with Gasteiger partial charge in [0.15, 0.2) is 12.0 Å². The molecule has 0 saturated heterocycles. The van der Waals surface area contributed by atoms with Crippen LogP contribution in [0.5, 0.6) is 5.75 Å². The van der Waals surface area contributed by atoms with Crippen molar-refractivity contribution < 1.29 is 13.9 Å². The van der Waals surface area contributed by atoms with E-state index in [1.807, 2.05) is 24.3 Å². The fraction of sp³-hybridized carbons (Fsp3) is 0.176. The number of benzene rings is 2. The molecule has 22 heavy (non-hydrogen) atoms. The minimum atomic E-state index is -0.119. The summed E-state index contributed by atoms with van der Waals surface area (Å²) < 4.78 is 10.8. The van der Waals surface area contributed by atoms with E-state index in [-0.39, 0.29) is 11.9 Å². The molecule has 1 aromatic heterocycles. The van der Waals surface area contributed by atoms with Gasteiger partial charge in [0, 0.05) is 17.5 Å². The summed E-state index contributed by atoms with van der Waals surface area (Å²) in [5.41, 5.74) is 2.95. The molecule has 4 rings (SSSR count). The van der Waals surface area contributed by atoms with Crippen LogP contribution < -0.4 is 10.1 Å². The lowest BCUT2D eigenvalue weighted by atomic mass is 10.00. The molecule has 1 aliphatic heterocycles. The topological polar surface area (TPSA) is 64.4 Å². The number of fused-ring (bicyclic) bond motifs is 2. The van der Waals surface area contributed by atoms with Gasteiger partial charge in [0.05, 0.1) is 12.6 Å². The van der Waals surface area contributed by atoms with Crippen molar-refractivity contribution in [1.82, 2.24) is 10.3 Å². The quantitative estimate of drug-likeness (QED) is 0.789. The molecule has 5 nitrogen and oxygen atoms in total. The third-order valence-electron chi connectivity index (χ3n) is 3.86. The predicted molar refractivity (Wildman–Crippen MR) is 80.8 cm³/mol. The zero-order valence-corrected chi connectivity index (χ0v) is 11.8. The lowest BCUT2D eigenvalue weighted by Crippen LogP contribution is -2.32. The minimum Gasteiger partial charge on any atom is -0.493 e. The molecule has 3 aromatic rings. The third-order valence-corrected chi connectivity index (χ3v) is 3.86. The number of carbonyl (C=O) groups is 1. The van der Waals surface area contributed by atoms with E-state index in [4.69, 9.17) is 9.15 Å². The van der Waals surface area contributed by atoms with Crippen LogP contribution in [0.4, 0.5) is 0 Å². The average molecular weight is 294 g/mol. The second-order valence-electron chi connectivity index (χ2n) is 5.24. The van der Waals surface area contributed by atoms with Gasteiger partial charge >= 0.3 is 0 Å². The molecule has 2 heterocycles. The lowest BCUT2D eigenvalue weighted by molar-refractivity contribution is 0.0925. The number of hydrogen-bond acceptors (Lipinski definition) is 4. The summed E-state index contributed by atoms with van der Waals surface area (Å²) in [6.45, 7) is 0.601. The van der Waals surface area contributed by atoms with E-state index in [2.05, 4.69) is 10.3 Å².